The van der Waals surface area contributed by atoms with Crippen LogP contribution in [0.2, 0.25) is 0 Å². The second kappa shape index (κ2) is 10.1. The number of nitro groups is 1. The van der Waals surface area contributed by atoms with Crippen molar-refractivity contribution in [2.45, 2.75) is 12.7 Å². The Kier molecular flexibility index (Phi) is 7.50. The molecule has 0 atom stereocenters. The van der Waals surface area contributed by atoms with Crippen LogP contribution in [-0.2, 0) is 12.7 Å². The Balaban J connectivity index is 0.00000306. The molecule has 10 heteroatoms. The number of thiazole rings is 1. The Labute approximate surface area is 201 Å². The summed E-state index contributed by atoms with van der Waals surface area (Å²) in [7, 11) is 0. The third-order valence-electron chi connectivity index (χ3n) is 4.73. The number of aromatic nitrogens is 1. The van der Waals surface area contributed by atoms with Gasteiger partial charge in [0, 0.05) is 23.1 Å². The average molecular weight is 536 g/mol. The van der Waals surface area contributed by atoms with Crippen LogP contribution in [0.4, 0.5) is 24.5 Å². The Morgan fingerprint density at radius 3 is 2.39 bits per heavy atom. The van der Waals surface area contributed by atoms with Crippen LogP contribution in [0.25, 0.3) is 11.3 Å². The summed E-state index contributed by atoms with van der Waals surface area (Å²) in [5, 5.41) is 13.0. The summed E-state index contributed by atoms with van der Waals surface area (Å²) in [5.74, 6) is 0. The van der Waals surface area contributed by atoms with Gasteiger partial charge in [0.2, 0.25) is 0 Å². The first-order valence-electron chi connectivity index (χ1n) is 9.50. The highest BCUT2D eigenvalue weighted by Crippen LogP contribution is 2.31. The van der Waals surface area contributed by atoms with Crippen LogP contribution >= 0.6 is 28.3 Å². The van der Waals surface area contributed by atoms with Gasteiger partial charge in [-0.05, 0) is 23.8 Å². The van der Waals surface area contributed by atoms with Crippen molar-refractivity contribution in [2.75, 3.05) is 0 Å². The van der Waals surface area contributed by atoms with E-state index in [0.29, 0.717) is 22.6 Å². The molecule has 0 fully saturated rings. The molecule has 4 rings (SSSR count). The Morgan fingerprint density at radius 2 is 1.70 bits per heavy atom. The number of nitro benzene ring substituents is 1. The molecule has 0 N–H and O–H groups in total. The summed E-state index contributed by atoms with van der Waals surface area (Å²) >= 11 is 1.26. The van der Waals surface area contributed by atoms with E-state index in [2.05, 4.69) is 4.99 Å². The van der Waals surface area contributed by atoms with Crippen LogP contribution in [-0.4, -0.2) is 9.49 Å². The Bertz CT molecular complexity index is 1330. The van der Waals surface area contributed by atoms with Gasteiger partial charge in [-0.15, -0.1) is 28.3 Å². The second-order valence-electron chi connectivity index (χ2n) is 6.94. The van der Waals surface area contributed by atoms with Crippen LogP contribution in [0.1, 0.15) is 11.1 Å². The standard InChI is InChI=1S/C23H16F3N3O2S.BrH/c24-23(25,26)18-9-5-10-19(13-18)27-22-28(14-16-6-2-1-3-7-16)21(15-32-22)17-8-4-11-20(12-17)29(30)31;/h1-13,15H,14H2;1H. The average Bonchev–Trinajstić information content (AvgIpc) is 3.16. The number of rotatable bonds is 5. The molecule has 0 radical (unpaired) electrons. The number of hydrogen-bond acceptors (Lipinski definition) is 4. The summed E-state index contributed by atoms with van der Waals surface area (Å²) in [4.78, 5) is 15.7. The highest BCUT2D eigenvalue weighted by atomic mass is 79.9. The van der Waals surface area contributed by atoms with Crippen molar-refractivity contribution in [1.82, 2.24) is 4.57 Å². The van der Waals surface area contributed by atoms with Crippen LogP contribution in [0.3, 0.4) is 0 Å². The predicted octanol–water partition coefficient (Wildman–Crippen LogP) is 7.00. The molecule has 4 aromatic rings. The Hall–Kier alpha value is -3.24. The van der Waals surface area contributed by atoms with Crippen LogP contribution < -0.4 is 4.80 Å². The molecule has 3 aromatic carbocycles. The number of halogens is 4. The molecule has 0 saturated heterocycles. The summed E-state index contributed by atoms with van der Waals surface area (Å²) in [6, 6.07) is 20.6. The first-order valence-corrected chi connectivity index (χ1v) is 10.4. The summed E-state index contributed by atoms with van der Waals surface area (Å²) in [6.07, 6.45) is -4.46. The van der Waals surface area contributed by atoms with E-state index in [-0.39, 0.29) is 28.4 Å². The molecule has 0 unspecified atom stereocenters. The lowest BCUT2D eigenvalue weighted by Gasteiger charge is -2.10. The molecule has 0 spiro atoms. The van der Waals surface area contributed by atoms with E-state index in [1.165, 1.54) is 35.6 Å². The lowest BCUT2D eigenvalue weighted by molar-refractivity contribution is -0.384. The van der Waals surface area contributed by atoms with E-state index in [4.69, 9.17) is 0 Å². The third kappa shape index (κ3) is 5.77. The second-order valence-corrected chi connectivity index (χ2v) is 7.78. The van der Waals surface area contributed by atoms with Gasteiger partial charge in [0.15, 0.2) is 4.80 Å². The van der Waals surface area contributed by atoms with Crippen LogP contribution in [0, 0.1) is 10.1 Å². The smallest absolute Gasteiger partial charge is 0.312 e. The molecule has 0 aliphatic heterocycles. The minimum Gasteiger partial charge on any atom is -0.312 e. The van der Waals surface area contributed by atoms with Gasteiger partial charge >= 0.3 is 6.18 Å². The van der Waals surface area contributed by atoms with Crippen molar-refractivity contribution in [1.29, 1.82) is 0 Å². The zero-order valence-corrected chi connectivity index (χ0v) is 19.4. The van der Waals surface area contributed by atoms with Gasteiger partial charge in [-0.1, -0.05) is 48.5 Å². The molecule has 0 amide bonds. The zero-order valence-electron chi connectivity index (χ0n) is 16.9. The summed E-state index contributed by atoms with van der Waals surface area (Å²) in [5.41, 5.74) is 1.63. The molecular weight excluding hydrogens is 519 g/mol. The summed E-state index contributed by atoms with van der Waals surface area (Å²) < 4.78 is 41.2. The molecule has 0 saturated carbocycles. The van der Waals surface area contributed by atoms with E-state index in [1.807, 2.05) is 34.9 Å². The molecule has 0 bridgehead atoms. The highest BCUT2D eigenvalue weighted by molar-refractivity contribution is 8.93. The van der Waals surface area contributed by atoms with E-state index in [9.17, 15) is 23.3 Å². The third-order valence-corrected chi connectivity index (χ3v) is 5.60. The summed E-state index contributed by atoms with van der Waals surface area (Å²) in [6.45, 7) is 0.403. The van der Waals surface area contributed by atoms with Gasteiger partial charge in [-0.3, -0.25) is 10.1 Å². The number of nitrogens with zero attached hydrogens (tertiary/aromatic N) is 3. The van der Waals surface area contributed by atoms with Gasteiger partial charge in [-0.2, -0.15) is 13.2 Å². The van der Waals surface area contributed by atoms with E-state index < -0.39 is 16.7 Å². The quantitative estimate of drug-likeness (QED) is 0.204. The van der Waals surface area contributed by atoms with Crippen molar-refractivity contribution < 1.29 is 18.1 Å². The van der Waals surface area contributed by atoms with Gasteiger partial charge in [0.1, 0.15) is 0 Å². The minimum absolute atomic E-state index is 0. The highest BCUT2D eigenvalue weighted by Gasteiger charge is 2.30. The first-order chi connectivity index (χ1) is 15.3. The molecule has 170 valence electrons. The normalized spacial score (nSPS) is 11.8. The SMILES string of the molecule is Br.O=[N+]([O-])c1cccc(-c2csc(=Nc3cccc(C(F)(F)F)c3)n2Cc2ccccc2)c1. The van der Waals surface area contributed by atoms with Gasteiger partial charge in [-0.25, -0.2) is 4.99 Å². The van der Waals surface area contributed by atoms with E-state index in [0.717, 1.165) is 17.7 Å². The van der Waals surface area contributed by atoms with Gasteiger partial charge < -0.3 is 4.57 Å². The molecular formula is C23H17BrF3N3O2S. The number of hydrogen-bond donors (Lipinski definition) is 0. The van der Waals surface area contributed by atoms with E-state index >= 15 is 0 Å². The molecule has 0 aliphatic rings. The molecule has 1 aromatic heterocycles. The first kappa shape index (κ1) is 24.4. The lowest BCUT2D eigenvalue weighted by atomic mass is 10.1. The monoisotopic (exact) mass is 535 g/mol. The largest absolute Gasteiger partial charge is 0.416 e. The van der Waals surface area contributed by atoms with Crippen LogP contribution in [0.5, 0.6) is 0 Å². The molecule has 33 heavy (non-hydrogen) atoms. The fraction of sp³-hybridized carbons (Fsp3) is 0.0870. The van der Waals surface area contributed by atoms with Crippen molar-refractivity contribution >= 4 is 39.7 Å². The fourth-order valence-electron chi connectivity index (χ4n) is 3.21. The maximum absolute atomic E-state index is 13.1. The van der Waals surface area contributed by atoms with Crippen molar-refractivity contribution in [3.8, 4) is 11.3 Å². The predicted molar refractivity (Wildman–Crippen MR) is 127 cm³/mol. The van der Waals surface area contributed by atoms with Gasteiger partial charge in [0.05, 0.1) is 28.4 Å². The minimum atomic E-state index is -4.46. The maximum atomic E-state index is 13.1. The molecule has 1 heterocycles. The van der Waals surface area contributed by atoms with Crippen molar-refractivity contribution in [2.24, 2.45) is 4.99 Å². The van der Waals surface area contributed by atoms with Crippen LogP contribution in [0.15, 0.2) is 89.2 Å². The van der Waals surface area contributed by atoms with Gasteiger partial charge in [0.25, 0.3) is 5.69 Å². The fourth-order valence-corrected chi connectivity index (χ4v) is 4.14. The number of benzene rings is 3. The molecule has 5 nitrogen and oxygen atoms in total. The lowest BCUT2D eigenvalue weighted by Crippen LogP contribution is -2.16. The van der Waals surface area contributed by atoms with E-state index in [1.54, 1.807) is 17.5 Å². The topological polar surface area (TPSA) is 60.4 Å². The number of alkyl halides is 3. The molecule has 0 aliphatic carbocycles. The van der Waals surface area contributed by atoms with Crippen molar-refractivity contribution in [3.63, 3.8) is 0 Å². The number of non-ortho nitro benzene ring substituents is 1. The zero-order chi connectivity index (χ0) is 22.7. The van der Waals surface area contributed by atoms with Crippen molar-refractivity contribution in [3.05, 3.63) is 110 Å². The Morgan fingerprint density at radius 1 is 0.970 bits per heavy atom. The maximum Gasteiger partial charge on any atom is 0.416 e.